The van der Waals surface area contributed by atoms with Gasteiger partial charge < -0.3 is 19.7 Å². The van der Waals surface area contributed by atoms with Gasteiger partial charge in [-0.05, 0) is 30.3 Å². The first-order valence-corrected chi connectivity index (χ1v) is 9.47. The van der Waals surface area contributed by atoms with Crippen molar-refractivity contribution in [2.75, 3.05) is 31.8 Å². The second-order valence-corrected chi connectivity index (χ2v) is 7.19. The molecule has 0 aromatic heterocycles. The molecule has 0 spiro atoms. The van der Waals surface area contributed by atoms with Gasteiger partial charge in [-0.1, -0.05) is 12.1 Å². The molecule has 1 fully saturated rings. The predicted molar refractivity (Wildman–Crippen MR) is 102 cm³/mol. The van der Waals surface area contributed by atoms with Crippen LogP contribution in [0.4, 0.5) is 23.7 Å². The molecule has 1 aliphatic rings. The average molecular weight is 412 g/mol. The molecule has 2 aromatic rings. The molecule has 3 rings (SSSR count). The van der Waals surface area contributed by atoms with Crippen molar-refractivity contribution in [3.63, 3.8) is 0 Å². The molecule has 2 aromatic carbocycles. The van der Waals surface area contributed by atoms with Gasteiger partial charge in [-0.2, -0.15) is 13.2 Å². The number of thioether (sulfide) groups is 1. The average Bonchev–Trinajstić information content (AvgIpc) is 3.17. The smallest absolute Gasteiger partial charge is 0.418 e. The number of urea groups is 1. The first kappa shape index (κ1) is 20.2. The van der Waals surface area contributed by atoms with Crippen molar-refractivity contribution in [1.82, 2.24) is 4.90 Å². The number of methoxy groups -OCH3 is 2. The van der Waals surface area contributed by atoms with E-state index in [2.05, 4.69) is 5.32 Å². The summed E-state index contributed by atoms with van der Waals surface area (Å²) in [7, 11) is 3.06. The fraction of sp³-hybridized carbons (Fsp3) is 0.316. The molecule has 0 saturated carbocycles. The van der Waals surface area contributed by atoms with Crippen molar-refractivity contribution in [2.45, 2.75) is 11.6 Å². The second-order valence-electron chi connectivity index (χ2n) is 6.00. The zero-order chi connectivity index (χ0) is 20.3. The van der Waals surface area contributed by atoms with Crippen LogP contribution in [-0.2, 0) is 6.18 Å². The highest BCUT2D eigenvalue weighted by Crippen LogP contribution is 2.43. The molecular formula is C19H19F3N2O3S. The van der Waals surface area contributed by atoms with Gasteiger partial charge in [-0.15, -0.1) is 11.8 Å². The topological polar surface area (TPSA) is 50.8 Å². The van der Waals surface area contributed by atoms with E-state index in [-0.39, 0.29) is 5.69 Å². The molecule has 1 heterocycles. The van der Waals surface area contributed by atoms with E-state index >= 15 is 0 Å². The van der Waals surface area contributed by atoms with E-state index in [0.717, 1.165) is 11.6 Å². The van der Waals surface area contributed by atoms with Crippen LogP contribution in [0, 0.1) is 0 Å². The SMILES string of the molecule is COc1ccc(OC)c([C@@H]2SCCN2C(=O)Nc2ccccc2C(F)(F)F)c1. The number of nitrogens with one attached hydrogen (secondary N) is 1. The van der Waals surface area contributed by atoms with Crippen molar-refractivity contribution in [1.29, 1.82) is 0 Å². The third kappa shape index (κ3) is 4.14. The van der Waals surface area contributed by atoms with Crippen molar-refractivity contribution in [3.05, 3.63) is 53.6 Å². The highest BCUT2D eigenvalue weighted by atomic mass is 32.2. The van der Waals surface area contributed by atoms with E-state index in [1.54, 1.807) is 18.2 Å². The number of alkyl halides is 3. The number of ether oxygens (including phenoxy) is 2. The zero-order valence-electron chi connectivity index (χ0n) is 15.2. The lowest BCUT2D eigenvalue weighted by molar-refractivity contribution is -0.136. The third-order valence-corrected chi connectivity index (χ3v) is 5.57. The normalized spacial score (nSPS) is 16.8. The highest BCUT2D eigenvalue weighted by molar-refractivity contribution is 7.99. The Morgan fingerprint density at radius 3 is 2.61 bits per heavy atom. The van der Waals surface area contributed by atoms with Gasteiger partial charge in [-0.3, -0.25) is 0 Å². The number of nitrogens with zero attached hydrogens (tertiary/aromatic N) is 1. The minimum absolute atomic E-state index is 0.270. The molecule has 28 heavy (non-hydrogen) atoms. The quantitative estimate of drug-likeness (QED) is 0.768. The molecule has 1 aliphatic heterocycles. The third-order valence-electron chi connectivity index (χ3n) is 4.33. The Morgan fingerprint density at radius 2 is 1.93 bits per heavy atom. The first-order valence-electron chi connectivity index (χ1n) is 8.42. The number of rotatable bonds is 4. The van der Waals surface area contributed by atoms with Crippen LogP contribution < -0.4 is 14.8 Å². The Morgan fingerprint density at radius 1 is 1.18 bits per heavy atom. The van der Waals surface area contributed by atoms with Crippen molar-refractivity contribution in [3.8, 4) is 11.5 Å². The summed E-state index contributed by atoms with van der Waals surface area (Å²) in [4.78, 5) is 14.3. The van der Waals surface area contributed by atoms with Crippen molar-refractivity contribution in [2.24, 2.45) is 0 Å². The summed E-state index contributed by atoms with van der Waals surface area (Å²) in [5, 5.41) is 2.01. The van der Waals surface area contributed by atoms with E-state index in [0.29, 0.717) is 23.8 Å². The number of benzene rings is 2. The largest absolute Gasteiger partial charge is 0.497 e. The molecular weight excluding hydrogens is 393 g/mol. The molecule has 1 atom stereocenters. The number of carbonyl (C=O) groups is 1. The van der Waals surface area contributed by atoms with Gasteiger partial charge in [-0.25, -0.2) is 4.79 Å². The summed E-state index contributed by atoms with van der Waals surface area (Å²) >= 11 is 1.51. The Kier molecular flexibility index (Phi) is 5.93. The van der Waals surface area contributed by atoms with Gasteiger partial charge in [0.2, 0.25) is 0 Å². The van der Waals surface area contributed by atoms with Crippen LogP contribution in [0.5, 0.6) is 11.5 Å². The minimum Gasteiger partial charge on any atom is -0.497 e. The van der Waals surface area contributed by atoms with Crippen molar-refractivity contribution >= 4 is 23.5 Å². The molecule has 0 unspecified atom stereocenters. The van der Waals surface area contributed by atoms with Crippen LogP contribution in [0.2, 0.25) is 0 Å². The van der Waals surface area contributed by atoms with Crippen LogP contribution in [0.1, 0.15) is 16.5 Å². The maximum absolute atomic E-state index is 13.2. The van der Waals surface area contributed by atoms with Crippen LogP contribution in [0.15, 0.2) is 42.5 Å². The van der Waals surface area contributed by atoms with E-state index in [4.69, 9.17) is 9.47 Å². The first-order chi connectivity index (χ1) is 13.3. The number of anilines is 1. The van der Waals surface area contributed by atoms with Crippen LogP contribution in [0.25, 0.3) is 0 Å². The summed E-state index contributed by atoms with van der Waals surface area (Å²) < 4.78 is 50.2. The van der Waals surface area contributed by atoms with Gasteiger partial charge in [0.25, 0.3) is 0 Å². The standard InChI is InChI=1S/C19H19F3N2O3S/c1-26-12-7-8-16(27-2)13(11-12)17-24(9-10-28-17)18(25)23-15-6-4-3-5-14(15)19(20,21)22/h3-8,11,17H,9-10H2,1-2H3,(H,23,25)/t17-/m0/s1. The van der Waals surface area contributed by atoms with Crippen LogP contribution in [-0.4, -0.2) is 37.4 Å². The number of hydrogen-bond acceptors (Lipinski definition) is 4. The van der Waals surface area contributed by atoms with Crippen LogP contribution >= 0.6 is 11.8 Å². The lowest BCUT2D eigenvalue weighted by atomic mass is 10.1. The van der Waals surface area contributed by atoms with E-state index in [1.165, 1.54) is 49.1 Å². The molecule has 0 radical (unpaired) electrons. The summed E-state index contributed by atoms with van der Waals surface area (Å²) in [6, 6.07) is 9.57. The maximum Gasteiger partial charge on any atom is 0.418 e. The Labute approximate surface area is 164 Å². The lowest BCUT2D eigenvalue weighted by Gasteiger charge is -2.26. The van der Waals surface area contributed by atoms with E-state index in [1.807, 2.05) is 0 Å². The second kappa shape index (κ2) is 8.22. The Bertz CT molecular complexity index is 861. The molecule has 1 N–H and O–H groups in total. The zero-order valence-corrected chi connectivity index (χ0v) is 16.1. The molecule has 1 saturated heterocycles. The summed E-state index contributed by atoms with van der Waals surface area (Å²) in [6.07, 6.45) is -4.56. The fourth-order valence-electron chi connectivity index (χ4n) is 2.99. The van der Waals surface area contributed by atoms with E-state index < -0.39 is 23.1 Å². The van der Waals surface area contributed by atoms with Gasteiger partial charge >= 0.3 is 12.2 Å². The highest BCUT2D eigenvalue weighted by Gasteiger charge is 2.36. The minimum atomic E-state index is -4.56. The van der Waals surface area contributed by atoms with E-state index in [9.17, 15) is 18.0 Å². The summed E-state index contributed by atoms with van der Waals surface area (Å²) in [5.41, 5.74) is -0.428. The van der Waals surface area contributed by atoms with Gasteiger partial charge in [0, 0.05) is 17.9 Å². The molecule has 0 bridgehead atoms. The number of para-hydroxylation sites is 1. The van der Waals surface area contributed by atoms with Gasteiger partial charge in [0.1, 0.15) is 16.9 Å². The van der Waals surface area contributed by atoms with Crippen LogP contribution in [0.3, 0.4) is 0 Å². The van der Waals surface area contributed by atoms with Crippen molar-refractivity contribution < 1.29 is 27.4 Å². The van der Waals surface area contributed by atoms with Gasteiger partial charge in [0.15, 0.2) is 0 Å². The number of carbonyl (C=O) groups excluding carboxylic acids is 1. The summed E-state index contributed by atoms with van der Waals surface area (Å²) in [6.45, 7) is 0.399. The Hall–Kier alpha value is -2.55. The Balaban J connectivity index is 1.87. The molecule has 150 valence electrons. The number of amides is 2. The summed E-state index contributed by atoms with van der Waals surface area (Å²) in [5.74, 6) is 1.83. The lowest BCUT2D eigenvalue weighted by Crippen LogP contribution is -2.35. The molecule has 0 aliphatic carbocycles. The van der Waals surface area contributed by atoms with Gasteiger partial charge in [0.05, 0.1) is 25.5 Å². The predicted octanol–water partition coefficient (Wildman–Crippen LogP) is 5.00. The molecule has 9 heteroatoms. The maximum atomic E-state index is 13.2. The number of hydrogen-bond donors (Lipinski definition) is 1. The number of halogens is 3. The fourth-order valence-corrected chi connectivity index (χ4v) is 4.26. The molecule has 5 nitrogen and oxygen atoms in total. The monoisotopic (exact) mass is 412 g/mol. The molecule has 2 amide bonds.